The molecular formula is C32H34N4O6. The standard InChI is InChI=1S/C32H34N4O6/c1-35(23-5-7-25(33-19-23)21-15-27(37-3)31-29(17-21)39-11-13-41-31)9-10-36(2)24-6-8-26(34-20-24)22-16-28(38-4)32-30(18-22)40-12-14-42-32/h5-8,15-20H,9-14H2,1-4H3. The third kappa shape index (κ3) is 5.52. The van der Waals surface area contributed by atoms with E-state index in [1.165, 1.54) is 0 Å². The molecule has 2 aliphatic rings. The third-order valence-electron chi connectivity index (χ3n) is 7.40. The summed E-state index contributed by atoms with van der Waals surface area (Å²) in [4.78, 5) is 13.8. The molecule has 42 heavy (non-hydrogen) atoms. The lowest BCUT2D eigenvalue weighted by atomic mass is 10.1. The molecule has 4 heterocycles. The van der Waals surface area contributed by atoms with Crippen LogP contribution in [0.2, 0.25) is 0 Å². The van der Waals surface area contributed by atoms with Crippen molar-refractivity contribution >= 4 is 11.4 Å². The Hall–Kier alpha value is -4.86. The molecule has 0 amide bonds. The van der Waals surface area contributed by atoms with Crippen LogP contribution < -0.4 is 38.2 Å². The van der Waals surface area contributed by atoms with E-state index in [2.05, 4.69) is 36.0 Å². The number of hydrogen-bond acceptors (Lipinski definition) is 10. The van der Waals surface area contributed by atoms with E-state index in [0.29, 0.717) is 60.9 Å². The molecule has 0 aliphatic carbocycles. The van der Waals surface area contributed by atoms with E-state index in [1.54, 1.807) is 14.2 Å². The van der Waals surface area contributed by atoms with Gasteiger partial charge in [-0.3, -0.25) is 9.97 Å². The molecule has 218 valence electrons. The SMILES string of the molecule is COc1cc(-c2ccc(N(C)CCN(C)c3ccc(-c4cc(OC)c5c(c4)OCCO5)nc3)cn2)cc2c1OCCO2. The van der Waals surface area contributed by atoms with Gasteiger partial charge >= 0.3 is 0 Å². The fourth-order valence-corrected chi connectivity index (χ4v) is 4.97. The predicted molar refractivity (Wildman–Crippen MR) is 161 cm³/mol. The van der Waals surface area contributed by atoms with Crippen LogP contribution in [-0.2, 0) is 0 Å². The summed E-state index contributed by atoms with van der Waals surface area (Å²) < 4.78 is 34.0. The predicted octanol–water partition coefficient (Wildman–Crippen LogP) is 4.94. The second kappa shape index (κ2) is 11.9. The van der Waals surface area contributed by atoms with Crippen LogP contribution in [0.3, 0.4) is 0 Å². The number of rotatable bonds is 9. The molecular weight excluding hydrogens is 536 g/mol. The Morgan fingerprint density at radius 2 is 1.05 bits per heavy atom. The van der Waals surface area contributed by atoms with Crippen LogP contribution in [0.4, 0.5) is 11.4 Å². The first kappa shape index (κ1) is 27.3. The highest BCUT2D eigenvalue weighted by molar-refractivity contribution is 5.71. The highest BCUT2D eigenvalue weighted by atomic mass is 16.6. The lowest BCUT2D eigenvalue weighted by Gasteiger charge is -2.25. The summed E-state index contributed by atoms with van der Waals surface area (Å²) in [5.74, 6) is 3.91. The van der Waals surface area contributed by atoms with Crippen LogP contribution in [0, 0.1) is 0 Å². The number of ether oxygens (including phenoxy) is 6. The molecule has 0 unspecified atom stereocenters. The quantitative estimate of drug-likeness (QED) is 0.276. The zero-order valence-electron chi connectivity index (χ0n) is 24.3. The Morgan fingerprint density at radius 1 is 0.619 bits per heavy atom. The minimum absolute atomic E-state index is 0.510. The van der Waals surface area contributed by atoms with Gasteiger partial charge in [0.25, 0.3) is 0 Å². The maximum absolute atomic E-state index is 5.77. The van der Waals surface area contributed by atoms with E-state index in [-0.39, 0.29) is 0 Å². The molecule has 0 radical (unpaired) electrons. The fourth-order valence-electron chi connectivity index (χ4n) is 4.97. The summed E-state index contributed by atoms with van der Waals surface area (Å²) in [6.07, 6.45) is 3.77. The molecule has 2 aliphatic heterocycles. The van der Waals surface area contributed by atoms with Gasteiger partial charge in [0.2, 0.25) is 11.5 Å². The van der Waals surface area contributed by atoms with E-state index >= 15 is 0 Å². The Kier molecular flexibility index (Phi) is 7.76. The number of fused-ring (bicyclic) bond motifs is 2. The van der Waals surface area contributed by atoms with Crippen molar-refractivity contribution in [1.82, 2.24) is 9.97 Å². The van der Waals surface area contributed by atoms with E-state index in [4.69, 9.17) is 38.4 Å². The molecule has 0 saturated heterocycles. The van der Waals surface area contributed by atoms with Crippen LogP contribution in [0.25, 0.3) is 22.5 Å². The molecule has 10 nitrogen and oxygen atoms in total. The minimum atomic E-state index is 0.510. The first-order valence-electron chi connectivity index (χ1n) is 13.8. The van der Waals surface area contributed by atoms with Gasteiger partial charge in [0.05, 0.1) is 49.4 Å². The van der Waals surface area contributed by atoms with Gasteiger partial charge < -0.3 is 38.2 Å². The number of pyridine rings is 2. The second-order valence-electron chi connectivity index (χ2n) is 10.1. The van der Waals surface area contributed by atoms with Crippen LogP contribution in [0.15, 0.2) is 60.9 Å². The van der Waals surface area contributed by atoms with Crippen LogP contribution in [-0.4, -0.2) is 77.8 Å². The molecule has 0 saturated carbocycles. The van der Waals surface area contributed by atoms with Crippen molar-refractivity contribution < 1.29 is 28.4 Å². The van der Waals surface area contributed by atoms with Gasteiger partial charge in [0, 0.05) is 38.3 Å². The number of likely N-dealkylation sites (N-methyl/N-ethyl adjacent to an activating group) is 2. The Morgan fingerprint density at radius 3 is 1.43 bits per heavy atom. The Labute approximate surface area is 245 Å². The molecule has 0 N–H and O–H groups in total. The molecule has 2 aromatic carbocycles. The van der Waals surface area contributed by atoms with Crippen molar-refractivity contribution in [2.24, 2.45) is 0 Å². The maximum Gasteiger partial charge on any atom is 0.203 e. The second-order valence-corrected chi connectivity index (χ2v) is 10.1. The van der Waals surface area contributed by atoms with Gasteiger partial charge in [-0.1, -0.05) is 0 Å². The van der Waals surface area contributed by atoms with Crippen molar-refractivity contribution in [3.63, 3.8) is 0 Å². The topological polar surface area (TPSA) is 87.6 Å². The van der Waals surface area contributed by atoms with Crippen LogP contribution in [0.5, 0.6) is 34.5 Å². The van der Waals surface area contributed by atoms with Crippen molar-refractivity contribution in [2.45, 2.75) is 0 Å². The molecule has 10 heteroatoms. The van der Waals surface area contributed by atoms with Crippen molar-refractivity contribution in [3.8, 4) is 57.0 Å². The minimum Gasteiger partial charge on any atom is -0.493 e. The molecule has 0 fully saturated rings. The van der Waals surface area contributed by atoms with Crippen molar-refractivity contribution in [2.75, 3.05) is 77.6 Å². The van der Waals surface area contributed by atoms with Gasteiger partial charge in [-0.2, -0.15) is 0 Å². The summed E-state index contributed by atoms with van der Waals surface area (Å²) >= 11 is 0. The molecule has 4 aromatic rings. The number of aromatic nitrogens is 2. The largest absolute Gasteiger partial charge is 0.493 e. The summed E-state index contributed by atoms with van der Waals surface area (Å²) in [5.41, 5.74) is 5.55. The van der Waals surface area contributed by atoms with Gasteiger partial charge in [0.15, 0.2) is 23.0 Å². The lowest BCUT2D eigenvalue weighted by molar-refractivity contribution is 0.165. The first-order valence-corrected chi connectivity index (χ1v) is 13.8. The van der Waals surface area contributed by atoms with Crippen molar-refractivity contribution in [3.05, 3.63) is 60.9 Å². The monoisotopic (exact) mass is 570 g/mol. The van der Waals surface area contributed by atoms with Crippen LogP contribution in [0.1, 0.15) is 0 Å². The molecule has 0 atom stereocenters. The normalized spacial score (nSPS) is 13.3. The smallest absolute Gasteiger partial charge is 0.203 e. The maximum atomic E-state index is 5.77. The number of hydrogen-bond donors (Lipinski definition) is 0. The molecule has 2 aromatic heterocycles. The van der Waals surface area contributed by atoms with E-state index in [9.17, 15) is 0 Å². The lowest BCUT2D eigenvalue weighted by Crippen LogP contribution is -2.30. The van der Waals surface area contributed by atoms with Gasteiger partial charge in [0.1, 0.15) is 26.4 Å². The summed E-state index contributed by atoms with van der Waals surface area (Å²) in [7, 11) is 7.38. The van der Waals surface area contributed by atoms with Crippen LogP contribution >= 0.6 is 0 Å². The highest BCUT2D eigenvalue weighted by Gasteiger charge is 2.21. The van der Waals surface area contributed by atoms with Gasteiger partial charge in [-0.05, 0) is 48.5 Å². The van der Waals surface area contributed by atoms with E-state index in [1.807, 2.05) is 48.8 Å². The molecule has 6 rings (SSSR count). The fraction of sp³-hybridized carbons (Fsp3) is 0.312. The number of benzene rings is 2. The average molecular weight is 571 g/mol. The number of methoxy groups -OCH3 is 2. The van der Waals surface area contributed by atoms with E-state index < -0.39 is 0 Å². The molecule has 0 spiro atoms. The molecule has 0 bridgehead atoms. The third-order valence-corrected chi connectivity index (χ3v) is 7.40. The number of nitrogens with zero attached hydrogens (tertiary/aromatic N) is 4. The number of anilines is 2. The Balaban J connectivity index is 1.09. The zero-order valence-corrected chi connectivity index (χ0v) is 24.3. The Bertz CT molecular complexity index is 1390. The van der Waals surface area contributed by atoms with Gasteiger partial charge in [-0.25, -0.2) is 0 Å². The van der Waals surface area contributed by atoms with Gasteiger partial charge in [-0.15, -0.1) is 0 Å². The first-order chi connectivity index (χ1) is 20.5. The summed E-state index contributed by atoms with van der Waals surface area (Å²) in [6, 6.07) is 15.9. The zero-order chi connectivity index (χ0) is 29.1. The highest BCUT2D eigenvalue weighted by Crippen LogP contribution is 2.44. The van der Waals surface area contributed by atoms with E-state index in [0.717, 1.165) is 47.0 Å². The summed E-state index contributed by atoms with van der Waals surface area (Å²) in [5, 5.41) is 0. The average Bonchev–Trinajstić information content (AvgIpc) is 3.06. The van der Waals surface area contributed by atoms with Crippen molar-refractivity contribution in [1.29, 1.82) is 0 Å². The summed E-state index contributed by atoms with van der Waals surface area (Å²) in [6.45, 7) is 3.65.